The molecule has 0 fully saturated rings. The number of anilines is 1. The highest BCUT2D eigenvalue weighted by Gasteiger charge is 2.40. The van der Waals surface area contributed by atoms with Crippen LogP contribution < -0.4 is 4.90 Å². The third kappa shape index (κ3) is 3.11. The molecular weight excluding hydrogens is 404 g/mol. The number of Topliss-reactive ketones (excluding diaryl/α,β-unsaturated/α-hetero) is 1. The number of ketones is 1. The number of allylic oxidation sites excluding steroid dienone is 2. The molecule has 0 N–H and O–H groups in total. The summed E-state index contributed by atoms with van der Waals surface area (Å²) in [5.41, 5.74) is 3.46. The summed E-state index contributed by atoms with van der Waals surface area (Å²) in [5.74, 6) is -0.201. The third-order valence-corrected chi connectivity index (χ3v) is 5.68. The molecule has 27 heavy (non-hydrogen) atoms. The number of halogens is 1. The van der Waals surface area contributed by atoms with Gasteiger partial charge >= 0.3 is 0 Å². The molecule has 0 saturated carbocycles. The number of carbonyl (C=O) groups excluding carboxylic acids is 2. The molecule has 0 bridgehead atoms. The van der Waals surface area contributed by atoms with Crippen molar-refractivity contribution in [2.24, 2.45) is 0 Å². The van der Waals surface area contributed by atoms with Gasteiger partial charge in [0.05, 0.1) is 11.3 Å². The largest absolute Gasteiger partial charge is 0.294 e. The molecule has 0 saturated heterocycles. The summed E-state index contributed by atoms with van der Waals surface area (Å²) in [6, 6.07) is 17.0. The Kier molecular flexibility index (Phi) is 4.67. The number of benzene rings is 2. The van der Waals surface area contributed by atoms with E-state index in [1.165, 1.54) is 0 Å². The average Bonchev–Trinajstić information content (AvgIpc) is 2.67. The molecule has 5 heteroatoms. The topological polar surface area (TPSA) is 61.2 Å². The zero-order valence-electron chi connectivity index (χ0n) is 14.6. The van der Waals surface area contributed by atoms with Gasteiger partial charge in [0.25, 0.3) is 0 Å². The third-order valence-electron chi connectivity index (χ3n) is 5.19. The molecule has 1 heterocycles. The SMILES string of the molecule is N#Cc1ccccc1N1C(=O)CC(c2cccc(Br)c2)C2=C1CCCC2=O. The van der Waals surface area contributed by atoms with Gasteiger partial charge in [-0.15, -0.1) is 0 Å². The lowest BCUT2D eigenvalue weighted by molar-refractivity contribution is -0.119. The highest BCUT2D eigenvalue weighted by atomic mass is 79.9. The second kappa shape index (κ2) is 7.13. The molecule has 134 valence electrons. The van der Waals surface area contributed by atoms with Crippen LogP contribution in [0.3, 0.4) is 0 Å². The summed E-state index contributed by atoms with van der Waals surface area (Å²) in [5, 5.41) is 9.47. The first-order valence-corrected chi connectivity index (χ1v) is 9.73. The van der Waals surface area contributed by atoms with E-state index in [9.17, 15) is 14.9 Å². The maximum absolute atomic E-state index is 13.2. The zero-order chi connectivity index (χ0) is 19.0. The van der Waals surface area contributed by atoms with Crippen molar-refractivity contribution in [1.82, 2.24) is 0 Å². The average molecular weight is 421 g/mol. The molecule has 1 aliphatic heterocycles. The summed E-state index contributed by atoms with van der Waals surface area (Å²) in [7, 11) is 0. The molecule has 2 aromatic rings. The minimum absolute atomic E-state index is 0.0730. The van der Waals surface area contributed by atoms with Crippen molar-refractivity contribution in [3.63, 3.8) is 0 Å². The van der Waals surface area contributed by atoms with Crippen LogP contribution in [0.1, 0.15) is 42.7 Å². The molecule has 1 atom stereocenters. The van der Waals surface area contributed by atoms with Crippen molar-refractivity contribution in [3.8, 4) is 6.07 Å². The van der Waals surface area contributed by atoms with Crippen LogP contribution in [0.2, 0.25) is 0 Å². The molecule has 2 aromatic carbocycles. The number of nitrogens with zero attached hydrogens (tertiary/aromatic N) is 2. The van der Waals surface area contributed by atoms with Crippen LogP contribution in [0.25, 0.3) is 0 Å². The Morgan fingerprint density at radius 2 is 1.89 bits per heavy atom. The molecular formula is C22H17BrN2O2. The molecule has 0 radical (unpaired) electrons. The molecule has 1 amide bonds. The van der Waals surface area contributed by atoms with Gasteiger partial charge in [-0.05, 0) is 42.7 Å². The van der Waals surface area contributed by atoms with Gasteiger partial charge in [0.15, 0.2) is 5.78 Å². The van der Waals surface area contributed by atoms with Crippen molar-refractivity contribution >= 4 is 33.3 Å². The lowest BCUT2D eigenvalue weighted by atomic mass is 9.77. The van der Waals surface area contributed by atoms with E-state index in [0.717, 1.165) is 27.7 Å². The van der Waals surface area contributed by atoms with Gasteiger partial charge in [-0.2, -0.15) is 5.26 Å². The van der Waals surface area contributed by atoms with Crippen LogP contribution in [-0.4, -0.2) is 11.7 Å². The summed E-state index contributed by atoms with van der Waals surface area (Å²) in [4.78, 5) is 27.6. The Hall–Kier alpha value is -2.71. The van der Waals surface area contributed by atoms with E-state index in [4.69, 9.17) is 0 Å². The number of rotatable bonds is 2. The van der Waals surface area contributed by atoms with Gasteiger partial charge in [-0.3, -0.25) is 14.5 Å². The summed E-state index contributed by atoms with van der Waals surface area (Å²) in [6.45, 7) is 0. The number of hydrogen-bond acceptors (Lipinski definition) is 3. The Balaban J connectivity index is 1.90. The monoisotopic (exact) mass is 420 g/mol. The summed E-state index contributed by atoms with van der Waals surface area (Å²) >= 11 is 3.48. The zero-order valence-corrected chi connectivity index (χ0v) is 16.2. The molecule has 4 rings (SSSR count). The van der Waals surface area contributed by atoms with Crippen LogP contribution >= 0.6 is 15.9 Å². The number of para-hydroxylation sites is 1. The first kappa shape index (κ1) is 17.7. The standard InChI is InChI=1S/C22H17BrN2O2/c23-16-7-3-6-14(11-16)17-12-21(27)25(18-8-2-1-5-15(18)13-24)19-9-4-10-20(26)22(17)19/h1-3,5-8,11,17H,4,9-10,12H2. The van der Waals surface area contributed by atoms with Crippen LogP contribution in [0.4, 0.5) is 5.69 Å². The molecule has 2 aliphatic rings. The Morgan fingerprint density at radius 1 is 1.07 bits per heavy atom. The number of carbonyl (C=O) groups is 2. The van der Waals surface area contributed by atoms with E-state index in [1.807, 2.05) is 30.3 Å². The van der Waals surface area contributed by atoms with Crippen LogP contribution in [0, 0.1) is 11.3 Å². The number of hydrogen-bond donors (Lipinski definition) is 0. The molecule has 1 aliphatic carbocycles. The van der Waals surface area contributed by atoms with Crippen molar-refractivity contribution < 1.29 is 9.59 Å². The molecule has 1 unspecified atom stereocenters. The lowest BCUT2D eigenvalue weighted by Gasteiger charge is -2.38. The van der Waals surface area contributed by atoms with Gasteiger partial charge in [0.2, 0.25) is 5.91 Å². The fourth-order valence-electron chi connectivity index (χ4n) is 4.04. The van der Waals surface area contributed by atoms with E-state index < -0.39 is 0 Å². The van der Waals surface area contributed by atoms with Crippen molar-refractivity contribution in [2.45, 2.75) is 31.6 Å². The van der Waals surface area contributed by atoms with Crippen molar-refractivity contribution in [1.29, 1.82) is 5.26 Å². The normalized spacial score (nSPS) is 19.7. The van der Waals surface area contributed by atoms with Crippen LogP contribution in [0.5, 0.6) is 0 Å². The second-order valence-corrected chi connectivity index (χ2v) is 7.72. The number of amides is 1. The minimum Gasteiger partial charge on any atom is -0.294 e. The quantitative estimate of drug-likeness (QED) is 0.697. The van der Waals surface area contributed by atoms with E-state index in [1.54, 1.807) is 23.1 Å². The van der Waals surface area contributed by atoms with E-state index in [0.29, 0.717) is 24.1 Å². The minimum atomic E-state index is -0.233. The summed E-state index contributed by atoms with van der Waals surface area (Å²) in [6.07, 6.45) is 2.12. The van der Waals surface area contributed by atoms with Crippen molar-refractivity contribution in [3.05, 3.63) is 75.4 Å². The van der Waals surface area contributed by atoms with Gasteiger partial charge in [-0.25, -0.2) is 0 Å². The fourth-order valence-corrected chi connectivity index (χ4v) is 4.46. The first-order chi connectivity index (χ1) is 13.1. The molecule has 0 aromatic heterocycles. The summed E-state index contributed by atoms with van der Waals surface area (Å²) < 4.78 is 0.926. The van der Waals surface area contributed by atoms with Gasteiger partial charge in [0.1, 0.15) is 6.07 Å². The number of nitriles is 1. The van der Waals surface area contributed by atoms with Crippen LogP contribution in [0.15, 0.2) is 64.3 Å². The molecule has 0 spiro atoms. The maximum Gasteiger partial charge on any atom is 0.232 e. The Morgan fingerprint density at radius 3 is 2.67 bits per heavy atom. The Labute approximate surface area is 166 Å². The predicted molar refractivity (Wildman–Crippen MR) is 106 cm³/mol. The van der Waals surface area contributed by atoms with Gasteiger partial charge in [0, 0.05) is 34.5 Å². The van der Waals surface area contributed by atoms with E-state index >= 15 is 0 Å². The first-order valence-electron chi connectivity index (χ1n) is 8.94. The Bertz CT molecular complexity index is 1020. The van der Waals surface area contributed by atoms with Gasteiger partial charge < -0.3 is 0 Å². The second-order valence-electron chi connectivity index (χ2n) is 6.81. The lowest BCUT2D eigenvalue weighted by Crippen LogP contribution is -2.40. The highest BCUT2D eigenvalue weighted by molar-refractivity contribution is 9.10. The predicted octanol–water partition coefficient (Wildman–Crippen LogP) is 4.85. The smallest absolute Gasteiger partial charge is 0.232 e. The fraction of sp³-hybridized carbons (Fsp3) is 0.227. The molecule has 4 nitrogen and oxygen atoms in total. The van der Waals surface area contributed by atoms with Gasteiger partial charge in [-0.1, -0.05) is 40.2 Å². The van der Waals surface area contributed by atoms with E-state index in [-0.39, 0.29) is 24.0 Å². The van der Waals surface area contributed by atoms with Crippen LogP contribution in [-0.2, 0) is 9.59 Å². The van der Waals surface area contributed by atoms with Crippen molar-refractivity contribution in [2.75, 3.05) is 4.90 Å². The van der Waals surface area contributed by atoms with E-state index in [2.05, 4.69) is 22.0 Å². The maximum atomic E-state index is 13.2. The highest BCUT2D eigenvalue weighted by Crippen LogP contribution is 2.44.